The number of piperidine rings is 1. The molecular weight excluding hydrogens is 411 g/mol. The number of nitrogens with one attached hydrogen (secondary N) is 3. The SMILES string of the molecule is CN1CCN(C(=O)c2cc(-c3nc(NC4CCCNC4)ncc3C(F)(F)F)c[nH]2)CC1. The van der Waals surface area contributed by atoms with Crippen LogP contribution in [0.25, 0.3) is 11.3 Å². The molecule has 2 aliphatic heterocycles. The molecule has 0 bridgehead atoms. The molecule has 0 aliphatic carbocycles. The summed E-state index contributed by atoms with van der Waals surface area (Å²) in [4.78, 5) is 27.5. The van der Waals surface area contributed by atoms with Crippen LogP contribution in [-0.4, -0.2) is 83.0 Å². The van der Waals surface area contributed by atoms with Gasteiger partial charge in [0.05, 0.1) is 5.69 Å². The lowest BCUT2D eigenvalue weighted by Gasteiger charge is -2.32. The van der Waals surface area contributed by atoms with Crippen LogP contribution in [0.3, 0.4) is 0 Å². The number of piperazine rings is 1. The van der Waals surface area contributed by atoms with Gasteiger partial charge in [-0.25, -0.2) is 9.97 Å². The number of rotatable bonds is 4. The van der Waals surface area contributed by atoms with Crippen LogP contribution in [0.5, 0.6) is 0 Å². The van der Waals surface area contributed by atoms with Gasteiger partial charge in [0, 0.05) is 56.7 Å². The van der Waals surface area contributed by atoms with Gasteiger partial charge in [-0.3, -0.25) is 4.79 Å². The largest absolute Gasteiger partial charge is 0.419 e. The minimum atomic E-state index is -4.61. The van der Waals surface area contributed by atoms with Gasteiger partial charge < -0.3 is 25.4 Å². The molecule has 2 aliphatic rings. The Bertz CT molecular complexity index is 916. The van der Waals surface area contributed by atoms with E-state index in [4.69, 9.17) is 0 Å². The second-order valence-electron chi connectivity index (χ2n) is 8.04. The number of H-pyrrole nitrogens is 1. The maximum Gasteiger partial charge on any atom is 0.419 e. The van der Waals surface area contributed by atoms with Crippen LogP contribution in [0.4, 0.5) is 19.1 Å². The number of halogens is 3. The molecule has 4 heterocycles. The number of hydrogen-bond donors (Lipinski definition) is 3. The fraction of sp³-hybridized carbons (Fsp3) is 0.550. The van der Waals surface area contributed by atoms with Crippen molar-refractivity contribution in [3.63, 3.8) is 0 Å². The first kappa shape index (κ1) is 21.6. The normalized spacial score (nSPS) is 20.6. The number of aromatic amines is 1. The molecule has 168 valence electrons. The maximum atomic E-state index is 13.6. The van der Waals surface area contributed by atoms with E-state index in [9.17, 15) is 18.0 Å². The maximum absolute atomic E-state index is 13.6. The van der Waals surface area contributed by atoms with Gasteiger partial charge >= 0.3 is 6.18 Å². The van der Waals surface area contributed by atoms with E-state index in [1.807, 2.05) is 7.05 Å². The van der Waals surface area contributed by atoms with E-state index in [1.165, 1.54) is 12.3 Å². The summed E-state index contributed by atoms with van der Waals surface area (Å²) >= 11 is 0. The number of amides is 1. The van der Waals surface area contributed by atoms with Crippen molar-refractivity contribution in [2.45, 2.75) is 25.1 Å². The molecular formula is C20H26F3N7O. The predicted molar refractivity (Wildman–Crippen MR) is 110 cm³/mol. The Balaban J connectivity index is 1.59. The zero-order valence-electron chi connectivity index (χ0n) is 17.3. The van der Waals surface area contributed by atoms with Gasteiger partial charge in [0.25, 0.3) is 5.91 Å². The van der Waals surface area contributed by atoms with E-state index < -0.39 is 11.7 Å². The van der Waals surface area contributed by atoms with Crippen LogP contribution in [-0.2, 0) is 6.18 Å². The highest BCUT2D eigenvalue weighted by Gasteiger charge is 2.36. The number of aromatic nitrogens is 3. The van der Waals surface area contributed by atoms with Crippen molar-refractivity contribution < 1.29 is 18.0 Å². The van der Waals surface area contributed by atoms with Crippen LogP contribution < -0.4 is 10.6 Å². The van der Waals surface area contributed by atoms with Crippen molar-refractivity contribution in [2.75, 3.05) is 51.6 Å². The van der Waals surface area contributed by atoms with Crippen LogP contribution in [0.1, 0.15) is 28.9 Å². The second kappa shape index (κ2) is 8.83. The molecule has 3 N–H and O–H groups in total. The lowest BCUT2D eigenvalue weighted by molar-refractivity contribution is -0.137. The monoisotopic (exact) mass is 437 g/mol. The van der Waals surface area contributed by atoms with Crippen LogP contribution >= 0.6 is 0 Å². The molecule has 1 amide bonds. The van der Waals surface area contributed by atoms with Crippen molar-refractivity contribution in [1.29, 1.82) is 0 Å². The Morgan fingerprint density at radius 1 is 1.26 bits per heavy atom. The summed E-state index contributed by atoms with van der Waals surface area (Å²) in [5.41, 5.74) is -0.728. The number of anilines is 1. The Morgan fingerprint density at radius 2 is 2.03 bits per heavy atom. The van der Waals surface area contributed by atoms with E-state index in [1.54, 1.807) is 4.90 Å². The van der Waals surface area contributed by atoms with E-state index in [0.29, 0.717) is 19.6 Å². The molecule has 2 aromatic rings. The van der Waals surface area contributed by atoms with Gasteiger partial charge in [-0.2, -0.15) is 13.2 Å². The molecule has 2 aromatic heterocycles. The Morgan fingerprint density at radius 3 is 2.71 bits per heavy atom. The second-order valence-corrected chi connectivity index (χ2v) is 8.04. The third kappa shape index (κ3) is 4.99. The van der Waals surface area contributed by atoms with Crippen molar-refractivity contribution >= 4 is 11.9 Å². The summed E-state index contributed by atoms with van der Waals surface area (Å²) in [5.74, 6) is -0.0848. The molecule has 31 heavy (non-hydrogen) atoms. The van der Waals surface area contributed by atoms with Crippen LogP contribution in [0.2, 0.25) is 0 Å². The van der Waals surface area contributed by atoms with E-state index in [0.717, 1.165) is 38.7 Å². The lowest BCUT2D eigenvalue weighted by atomic mass is 10.1. The first-order chi connectivity index (χ1) is 14.8. The molecule has 2 saturated heterocycles. The highest BCUT2D eigenvalue weighted by molar-refractivity contribution is 5.94. The summed E-state index contributed by atoms with van der Waals surface area (Å²) in [6.07, 6.45) is -0.552. The van der Waals surface area contributed by atoms with Crippen molar-refractivity contribution in [3.8, 4) is 11.3 Å². The summed E-state index contributed by atoms with van der Waals surface area (Å²) in [7, 11) is 1.98. The topological polar surface area (TPSA) is 89.2 Å². The quantitative estimate of drug-likeness (QED) is 0.679. The Kier molecular flexibility index (Phi) is 6.15. The average Bonchev–Trinajstić information content (AvgIpc) is 3.24. The first-order valence-electron chi connectivity index (χ1n) is 10.4. The van der Waals surface area contributed by atoms with Crippen molar-refractivity contribution in [1.82, 2.24) is 30.1 Å². The first-order valence-corrected chi connectivity index (χ1v) is 10.4. The summed E-state index contributed by atoms with van der Waals surface area (Å²) in [5, 5.41) is 6.35. The van der Waals surface area contributed by atoms with E-state index in [2.05, 4.69) is 30.5 Å². The van der Waals surface area contributed by atoms with Gasteiger partial charge in [-0.15, -0.1) is 0 Å². The number of nitrogens with zero attached hydrogens (tertiary/aromatic N) is 4. The van der Waals surface area contributed by atoms with Crippen molar-refractivity contribution in [3.05, 3.63) is 29.7 Å². The van der Waals surface area contributed by atoms with E-state index >= 15 is 0 Å². The van der Waals surface area contributed by atoms with Crippen molar-refractivity contribution in [2.24, 2.45) is 0 Å². The molecule has 1 atom stereocenters. The summed E-state index contributed by atoms with van der Waals surface area (Å²) in [6, 6.07) is 1.49. The van der Waals surface area contributed by atoms with E-state index in [-0.39, 0.29) is 34.8 Å². The van der Waals surface area contributed by atoms with Gasteiger partial charge in [0.2, 0.25) is 5.95 Å². The highest BCUT2D eigenvalue weighted by atomic mass is 19.4. The summed E-state index contributed by atoms with van der Waals surface area (Å²) in [6.45, 7) is 4.30. The molecule has 4 rings (SSSR count). The van der Waals surface area contributed by atoms with Gasteiger partial charge in [0.15, 0.2) is 0 Å². The summed E-state index contributed by atoms with van der Waals surface area (Å²) < 4.78 is 40.9. The predicted octanol–water partition coefficient (Wildman–Crippen LogP) is 2.04. The molecule has 2 fully saturated rings. The molecule has 11 heteroatoms. The minimum absolute atomic E-state index is 0.0546. The highest BCUT2D eigenvalue weighted by Crippen LogP contribution is 2.36. The minimum Gasteiger partial charge on any atom is -0.357 e. The van der Waals surface area contributed by atoms with Crippen LogP contribution in [0.15, 0.2) is 18.5 Å². The number of alkyl halides is 3. The number of carbonyl (C=O) groups is 1. The van der Waals surface area contributed by atoms with Gasteiger partial charge in [-0.05, 0) is 32.5 Å². The smallest absolute Gasteiger partial charge is 0.357 e. The third-order valence-electron chi connectivity index (χ3n) is 5.70. The Hall–Kier alpha value is -2.66. The molecule has 0 aromatic carbocycles. The molecule has 0 saturated carbocycles. The lowest BCUT2D eigenvalue weighted by Crippen LogP contribution is -2.47. The van der Waals surface area contributed by atoms with Gasteiger partial charge in [-0.1, -0.05) is 0 Å². The number of likely N-dealkylation sites (N-methyl/N-ethyl adjacent to an activating group) is 1. The number of carbonyl (C=O) groups excluding carboxylic acids is 1. The molecule has 0 radical (unpaired) electrons. The van der Waals surface area contributed by atoms with Crippen LogP contribution in [0, 0.1) is 0 Å². The molecule has 0 spiro atoms. The van der Waals surface area contributed by atoms with Gasteiger partial charge in [0.1, 0.15) is 11.3 Å². The fourth-order valence-electron chi connectivity index (χ4n) is 3.87. The zero-order chi connectivity index (χ0) is 22.0. The fourth-order valence-corrected chi connectivity index (χ4v) is 3.87. The molecule has 8 nitrogen and oxygen atoms in total. The Labute approximate surface area is 178 Å². The zero-order valence-corrected chi connectivity index (χ0v) is 17.3. The third-order valence-corrected chi connectivity index (χ3v) is 5.70. The average molecular weight is 437 g/mol. The molecule has 1 unspecified atom stereocenters. The number of hydrogen-bond acceptors (Lipinski definition) is 6. The standard InChI is InChI=1S/C20H26F3N7O/c1-29-5-7-30(8-6-29)18(31)16-9-13(10-25-16)17-15(20(21,22)23)12-26-19(28-17)27-14-3-2-4-24-11-14/h9-10,12,14,24-25H,2-8,11H2,1H3,(H,26,27,28).